The van der Waals surface area contributed by atoms with Crippen LogP contribution in [0.2, 0.25) is 0 Å². The predicted octanol–water partition coefficient (Wildman–Crippen LogP) is 1.97. The third kappa shape index (κ3) is 2.23. The van der Waals surface area contributed by atoms with Crippen LogP contribution in [0.15, 0.2) is 15.9 Å². The molecule has 1 aliphatic carbocycles. The maximum absolute atomic E-state index is 9.29. The van der Waals surface area contributed by atoms with Crippen molar-refractivity contribution in [2.75, 3.05) is 12.8 Å². The molecule has 0 spiro atoms. The normalized spacial score (nSPS) is 19.1. The second-order valence-electron chi connectivity index (χ2n) is 4.15. The molecule has 2 rings (SSSR count). The summed E-state index contributed by atoms with van der Waals surface area (Å²) in [7, 11) is 1.85. The Morgan fingerprint density at radius 1 is 1.75 bits per heavy atom. The van der Waals surface area contributed by atoms with Crippen LogP contribution in [0.25, 0.3) is 0 Å². The number of nitrogens with zero attached hydrogens (tertiary/aromatic N) is 2. The van der Waals surface area contributed by atoms with Gasteiger partial charge in [0, 0.05) is 5.75 Å². The lowest BCUT2D eigenvalue weighted by Crippen LogP contribution is -2.46. The van der Waals surface area contributed by atoms with Gasteiger partial charge in [-0.3, -0.25) is 0 Å². The van der Waals surface area contributed by atoms with E-state index in [4.69, 9.17) is 4.42 Å². The Labute approximate surface area is 99.4 Å². The average molecular weight is 237 g/mol. The molecule has 4 nitrogen and oxygen atoms in total. The predicted molar refractivity (Wildman–Crippen MR) is 62.1 cm³/mol. The molecule has 1 saturated carbocycles. The van der Waals surface area contributed by atoms with Gasteiger partial charge in [-0.1, -0.05) is 11.8 Å². The van der Waals surface area contributed by atoms with E-state index in [0.717, 1.165) is 18.5 Å². The lowest BCUT2D eigenvalue weighted by Gasteiger charge is -2.24. The van der Waals surface area contributed by atoms with Gasteiger partial charge in [0.15, 0.2) is 0 Å². The minimum Gasteiger partial charge on any atom is -0.440 e. The minimum absolute atomic E-state index is 0.424. The van der Waals surface area contributed by atoms with Crippen LogP contribution in [0, 0.1) is 24.2 Å². The Morgan fingerprint density at radius 3 is 2.94 bits per heavy atom. The number of thioether (sulfide) groups is 1. The average Bonchev–Trinajstić information content (AvgIpc) is 3.06. The van der Waals surface area contributed by atoms with Crippen molar-refractivity contribution in [2.45, 2.75) is 30.5 Å². The van der Waals surface area contributed by atoms with Gasteiger partial charge >= 0.3 is 0 Å². The molecule has 1 unspecified atom stereocenters. The Kier molecular flexibility index (Phi) is 3.22. The van der Waals surface area contributed by atoms with Gasteiger partial charge in [0.2, 0.25) is 0 Å². The summed E-state index contributed by atoms with van der Waals surface area (Å²) in [6.45, 7) is 1.89. The zero-order chi connectivity index (χ0) is 11.6. The van der Waals surface area contributed by atoms with E-state index in [-0.39, 0.29) is 0 Å². The second kappa shape index (κ2) is 4.48. The number of hydrogen-bond donors (Lipinski definition) is 1. The van der Waals surface area contributed by atoms with Crippen LogP contribution >= 0.6 is 11.8 Å². The zero-order valence-corrected chi connectivity index (χ0v) is 10.3. The molecule has 0 radical (unpaired) electrons. The molecule has 5 heteroatoms. The molecule has 0 aromatic carbocycles. The highest BCUT2D eigenvalue weighted by molar-refractivity contribution is 7.99. The van der Waals surface area contributed by atoms with Crippen molar-refractivity contribution in [3.05, 3.63) is 12.0 Å². The van der Waals surface area contributed by atoms with Crippen LogP contribution < -0.4 is 5.32 Å². The number of aromatic nitrogens is 1. The Bertz CT molecular complexity index is 408. The number of nitriles is 1. The van der Waals surface area contributed by atoms with Gasteiger partial charge in [-0.05, 0) is 32.7 Å². The zero-order valence-electron chi connectivity index (χ0n) is 9.49. The summed E-state index contributed by atoms with van der Waals surface area (Å²) in [6.07, 6.45) is 3.91. The quantitative estimate of drug-likeness (QED) is 0.793. The molecule has 0 aliphatic heterocycles. The van der Waals surface area contributed by atoms with E-state index in [1.54, 1.807) is 6.26 Å². The van der Waals surface area contributed by atoms with Crippen LogP contribution in [-0.4, -0.2) is 23.3 Å². The van der Waals surface area contributed by atoms with Gasteiger partial charge < -0.3 is 9.73 Å². The first-order valence-corrected chi connectivity index (χ1v) is 6.34. The molecule has 1 atom stereocenters. The molecule has 1 aromatic heterocycles. The molecule has 16 heavy (non-hydrogen) atoms. The molecule has 86 valence electrons. The molecule has 0 saturated heterocycles. The van der Waals surface area contributed by atoms with Gasteiger partial charge in [-0.15, -0.1) is 0 Å². The first kappa shape index (κ1) is 11.5. The van der Waals surface area contributed by atoms with Gasteiger partial charge in [0.05, 0.1) is 11.8 Å². The summed E-state index contributed by atoms with van der Waals surface area (Å²) in [5.41, 5.74) is 0.452. The summed E-state index contributed by atoms with van der Waals surface area (Å²) in [6, 6.07) is 2.40. The number of rotatable bonds is 5. The summed E-state index contributed by atoms with van der Waals surface area (Å²) >= 11 is 1.50. The summed E-state index contributed by atoms with van der Waals surface area (Å²) in [5.74, 6) is 1.16. The Balaban J connectivity index is 1.99. The van der Waals surface area contributed by atoms with Crippen molar-refractivity contribution in [1.29, 1.82) is 5.26 Å². The van der Waals surface area contributed by atoms with Crippen LogP contribution in [-0.2, 0) is 0 Å². The molecule has 0 bridgehead atoms. The van der Waals surface area contributed by atoms with Crippen molar-refractivity contribution in [3.63, 3.8) is 0 Å². The Hall–Kier alpha value is -0.990. The van der Waals surface area contributed by atoms with E-state index in [2.05, 4.69) is 16.4 Å². The second-order valence-corrected chi connectivity index (χ2v) is 5.08. The van der Waals surface area contributed by atoms with E-state index >= 15 is 0 Å². The monoisotopic (exact) mass is 237 g/mol. The molecule has 0 amide bonds. The van der Waals surface area contributed by atoms with Crippen LogP contribution in [0.1, 0.15) is 18.5 Å². The highest BCUT2D eigenvalue weighted by Gasteiger charge is 2.44. The smallest absolute Gasteiger partial charge is 0.255 e. The Morgan fingerprint density at radius 2 is 2.50 bits per heavy atom. The molecule has 1 aromatic rings. The summed E-state index contributed by atoms with van der Waals surface area (Å²) < 4.78 is 5.26. The lowest BCUT2D eigenvalue weighted by atomic mass is 9.98. The van der Waals surface area contributed by atoms with Crippen molar-refractivity contribution in [3.8, 4) is 6.07 Å². The van der Waals surface area contributed by atoms with Crippen LogP contribution in [0.5, 0.6) is 0 Å². The van der Waals surface area contributed by atoms with Crippen molar-refractivity contribution < 1.29 is 4.42 Å². The fourth-order valence-corrected chi connectivity index (χ4v) is 2.84. The SMILES string of the molecule is CNC(C#N)(CSc1nc(C)co1)C1CC1. The van der Waals surface area contributed by atoms with Crippen molar-refractivity contribution in [1.82, 2.24) is 10.3 Å². The van der Waals surface area contributed by atoms with Crippen molar-refractivity contribution >= 4 is 11.8 Å². The molecular weight excluding hydrogens is 222 g/mol. The first-order valence-electron chi connectivity index (χ1n) is 5.35. The van der Waals surface area contributed by atoms with Gasteiger partial charge in [-0.25, -0.2) is 4.98 Å². The summed E-state index contributed by atoms with van der Waals surface area (Å²) in [5, 5.41) is 13.1. The van der Waals surface area contributed by atoms with Gasteiger partial charge in [0.25, 0.3) is 5.22 Å². The molecule has 1 N–H and O–H groups in total. The number of oxazole rings is 1. The summed E-state index contributed by atoms with van der Waals surface area (Å²) in [4.78, 5) is 4.22. The minimum atomic E-state index is -0.424. The third-order valence-electron chi connectivity index (χ3n) is 2.94. The van der Waals surface area contributed by atoms with Gasteiger partial charge in [-0.2, -0.15) is 5.26 Å². The van der Waals surface area contributed by atoms with Crippen LogP contribution in [0.4, 0.5) is 0 Å². The highest BCUT2D eigenvalue weighted by Crippen LogP contribution is 2.41. The van der Waals surface area contributed by atoms with E-state index in [0.29, 0.717) is 16.9 Å². The number of hydrogen-bond acceptors (Lipinski definition) is 5. The molecule has 1 aliphatic rings. The third-order valence-corrected chi connectivity index (χ3v) is 3.98. The fraction of sp³-hybridized carbons (Fsp3) is 0.636. The lowest BCUT2D eigenvalue weighted by molar-refractivity contribution is 0.431. The first-order chi connectivity index (χ1) is 7.70. The molecular formula is C11H15N3OS. The van der Waals surface area contributed by atoms with E-state index in [1.165, 1.54) is 11.8 Å². The molecule has 1 heterocycles. The standard InChI is InChI=1S/C11H15N3OS/c1-8-5-15-10(14-8)16-7-11(6-12,13-2)9-3-4-9/h5,9,13H,3-4,7H2,1-2H3. The number of aryl methyl sites for hydroxylation is 1. The highest BCUT2D eigenvalue weighted by atomic mass is 32.2. The van der Waals surface area contributed by atoms with E-state index < -0.39 is 5.54 Å². The maximum Gasteiger partial charge on any atom is 0.255 e. The van der Waals surface area contributed by atoms with Crippen molar-refractivity contribution in [2.24, 2.45) is 5.92 Å². The largest absolute Gasteiger partial charge is 0.440 e. The fourth-order valence-electron chi connectivity index (χ4n) is 1.72. The molecule has 1 fully saturated rings. The maximum atomic E-state index is 9.29. The number of nitrogens with one attached hydrogen (secondary N) is 1. The van der Waals surface area contributed by atoms with Crippen LogP contribution in [0.3, 0.4) is 0 Å². The van der Waals surface area contributed by atoms with E-state index in [1.807, 2.05) is 14.0 Å². The topological polar surface area (TPSA) is 61.9 Å². The van der Waals surface area contributed by atoms with E-state index in [9.17, 15) is 5.26 Å². The van der Waals surface area contributed by atoms with Gasteiger partial charge in [0.1, 0.15) is 11.8 Å².